The Labute approximate surface area is 136 Å². The van der Waals surface area contributed by atoms with Crippen LogP contribution in [0.1, 0.15) is 25.9 Å². The molecule has 23 heavy (non-hydrogen) atoms. The van der Waals surface area contributed by atoms with Crippen molar-refractivity contribution in [1.82, 2.24) is 20.8 Å². The van der Waals surface area contributed by atoms with Crippen molar-refractivity contribution in [3.05, 3.63) is 34.6 Å². The Morgan fingerprint density at radius 2 is 2.04 bits per heavy atom. The highest BCUT2D eigenvalue weighted by Gasteiger charge is 2.20. The number of aromatic amines is 1. The van der Waals surface area contributed by atoms with Gasteiger partial charge in [0.15, 0.2) is 5.13 Å². The Hall–Kier alpha value is -2.39. The van der Waals surface area contributed by atoms with Gasteiger partial charge in [-0.15, -0.1) is 0 Å². The maximum absolute atomic E-state index is 12.2. The fourth-order valence-electron chi connectivity index (χ4n) is 2.19. The average Bonchev–Trinajstić information content (AvgIpc) is 3.23. The van der Waals surface area contributed by atoms with Crippen molar-refractivity contribution in [2.24, 2.45) is 0 Å². The monoisotopic (exact) mass is 335 g/mol. The second kappa shape index (κ2) is 6.80. The molecular weight excluding hydrogens is 318 g/mol. The van der Waals surface area contributed by atoms with E-state index >= 15 is 0 Å². The van der Waals surface area contributed by atoms with Gasteiger partial charge in [0, 0.05) is 19.3 Å². The molecule has 8 nitrogen and oxygen atoms in total. The number of anilines is 1. The van der Waals surface area contributed by atoms with Crippen LogP contribution in [-0.4, -0.2) is 48.1 Å². The summed E-state index contributed by atoms with van der Waals surface area (Å²) >= 11 is 1.31. The topological polar surface area (TPSA) is 99.3 Å². The number of morpholine rings is 1. The summed E-state index contributed by atoms with van der Waals surface area (Å²) in [6.07, 6.45) is 1.64. The van der Waals surface area contributed by atoms with Gasteiger partial charge in [-0.05, 0) is 19.1 Å². The first-order chi connectivity index (χ1) is 11.1. The predicted molar refractivity (Wildman–Crippen MR) is 85.6 cm³/mol. The number of hydrogen-bond acceptors (Lipinski definition) is 6. The van der Waals surface area contributed by atoms with Gasteiger partial charge in [0.05, 0.1) is 18.9 Å². The summed E-state index contributed by atoms with van der Waals surface area (Å²) < 4.78 is 5.31. The molecule has 0 atom stereocenters. The van der Waals surface area contributed by atoms with Crippen LogP contribution in [0.3, 0.4) is 0 Å². The number of aromatic nitrogens is 2. The molecule has 1 aliphatic heterocycles. The molecule has 3 heterocycles. The molecule has 3 rings (SSSR count). The molecule has 122 valence electrons. The molecule has 0 spiro atoms. The van der Waals surface area contributed by atoms with Gasteiger partial charge < -0.3 is 14.6 Å². The summed E-state index contributed by atoms with van der Waals surface area (Å²) in [6, 6.07) is 3.33. The Balaban J connectivity index is 1.63. The Morgan fingerprint density at radius 3 is 2.74 bits per heavy atom. The molecule has 0 aliphatic carbocycles. The predicted octanol–water partition coefficient (Wildman–Crippen LogP) is 0.691. The van der Waals surface area contributed by atoms with E-state index in [9.17, 15) is 9.59 Å². The largest absolute Gasteiger partial charge is 0.378 e. The molecule has 0 bridgehead atoms. The number of H-pyrrole nitrogens is 1. The normalized spacial score (nSPS) is 14.6. The number of ether oxygens (including phenoxy) is 1. The lowest BCUT2D eigenvalue weighted by atomic mass is 10.4. The molecule has 1 aliphatic rings. The van der Waals surface area contributed by atoms with E-state index in [-0.39, 0.29) is 5.91 Å². The second-order valence-electron chi connectivity index (χ2n) is 5.00. The number of carbonyl (C=O) groups excluding carboxylic acids is 2. The fraction of sp³-hybridized carbons (Fsp3) is 0.357. The minimum absolute atomic E-state index is 0.375. The number of rotatable bonds is 3. The van der Waals surface area contributed by atoms with Gasteiger partial charge in [-0.25, -0.2) is 4.98 Å². The van der Waals surface area contributed by atoms with Crippen LogP contribution >= 0.6 is 11.3 Å². The van der Waals surface area contributed by atoms with Crippen LogP contribution < -0.4 is 15.8 Å². The van der Waals surface area contributed by atoms with E-state index in [2.05, 4.69) is 25.7 Å². The first-order valence-electron chi connectivity index (χ1n) is 7.19. The molecule has 9 heteroatoms. The Morgan fingerprint density at radius 1 is 1.30 bits per heavy atom. The lowest BCUT2D eigenvalue weighted by Gasteiger charge is -2.25. The summed E-state index contributed by atoms with van der Waals surface area (Å²) in [7, 11) is 0. The molecule has 0 saturated carbocycles. The Kier molecular flexibility index (Phi) is 4.58. The second-order valence-corrected chi connectivity index (χ2v) is 5.98. The Bertz CT molecular complexity index is 691. The summed E-state index contributed by atoms with van der Waals surface area (Å²) in [6.45, 7) is 4.62. The van der Waals surface area contributed by atoms with Gasteiger partial charge >= 0.3 is 0 Å². The third kappa shape index (κ3) is 3.51. The third-order valence-electron chi connectivity index (χ3n) is 3.41. The zero-order valence-electron chi connectivity index (χ0n) is 12.6. The van der Waals surface area contributed by atoms with Crippen molar-refractivity contribution in [1.29, 1.82) is 0 Å². The van der Waals surface area contributed by atoms with E-state index in [0.29, 0.717) is 29.5 Å². The van der Waals surface area contributed by atoms with E-state index in [4.69, 9.17) is 4.74 Å². The number of carbonyl (C=O) groups is 2. The highest BCUT2D eigenvalue weighted by molar-refractivity contribution is 7.17. The van der Waals surface area contributed by atoms with E-state index in [1.54, 1.807) is 25.3 Å². The van der Waals surface area contributed by atoms with Crippen LogP contribution in [0.4, 0.5) is 5.13 Å². The van der Waals surface area contributed by atoms with Gasteiger partial charge in [0.2, 0.25) is 0 Å². The molecule has 1 saturated heterocycles. The fourth-order valence-corrected chi connectivity index (χ4v) is 3.21. The van der Waals surface area contributed by atoms with Crippen LogP contribution in [0.15, 0.2) is 18.3 Å². The molecule has 0 unspecified atom stereocenters. The van der Waals surface area contributed by atoms with E-state index in [0.717, 1.165) is 18.2 Å². The van der Waals surface area contributed by atoms with Crippen molar-refractivity contribution < 1.29 is 14.3 Å². The highest BCUT2D eigenvalue weighted by atomic mass is 32.1. The lowest BCUT2D eigenvalue weighted by Crippen LogP contribution is -2.41. The van der Waals surface area contributed by atoms with Gasteiger partial charge in [0.1, 0.15) is 10.6 Å². The first-order valence-corrected chi connectivity index (χ1v) is 8.01. The standard InChI is InChI=1S/C14H17N5O3S/c1-9-11(23-14(16-9)19-5-7-22-8-6-19)13(21)18-17-12(20)10-3-2-4-15-10/h2-4,15H,5-8H2,1H3,(H,17,20)(H,18,21). The molecule has 2 aromatic heterocycles. The van der Waals surface area contributed by atoms with Crippen molar-refractivity contribution in [2.45, 2.75) is 6.92 Å². The van der Waals surface area contributed by atoms with Crippen LogP contribution in [0.25, 0.3) is 0 Å². The van der Waals surface area contributed by atoms with E-state index in [1.165, 1.54) is 11.3 Å². The molecular formula is C14H17N5O3S. The minimum Gasteiger partial charge on any atom is -0.378 e. The SMILES string of the molecule is Cc1nc(N2CCOCC2)sc1C(=O)NNC(=O)c1ccc[nH]1. The number of nitrogens with zero attached hydrogens (tertiary/aromatic N) is 2. The summed E-state index contributed by atoms with van der Waals surface area (Å²) in [5.74, 6) is -0.779. The summed E-state index contributed by atoms with van der Waals surface area (Å²) in [4.78, 5) is 33.8. The highest BCUT2D eigenvalue weighted by Crippen LogP contribution is 2.26. The molecule has 1 fully saturated rings. The average molecular weight is 335 g/mol. The minimum atomic E-state index is -0.404. The summed E-state index contributed by atoms with van der Waals surface area (Å²) in [5.41, 5.74) is 5.80. The van der Waals surface area contributed by atoms with Gasteiger partial charge in [-0.1, -0.05) is 11.3 Å². The number of nitrogens with one attached hydrogen (secondary N) is 3. The molecule has 0 aromatic carbocycles. The van der Waals surface area contributed by atoms with Crippen LogP contribution in [0.2, 0.25) is 0 Å². The van der Waals surface area contributed by atoms with Gasteiger partial charge in [-0.3, -0.25) is 20.4 Å². The van der Waals surface area contributed by atoms with Crippen molar-refractivity contribution in [3.63, 3.8) is 0 Å². The van der Waals surface area contributed by atoms with Crippen molar-refractivity contribution in [3.8, 4) is 0 Å². The maximum Gasteiger partial charge on any atom is 0.286 e. The number of aryl methyl sites for hydroxylation is 1. The molecule has 3 N–H and O–H groups in total. The molecule has 2 amide bonds. The smallest absolute Gasteiger partial charge is 0.286 e. The van der Waals surface area contributed by atoms with Crippen molar-refractivity contribution in [2.75, 3.05) is 31.2 Å². The quantitative estimate of drug-likeness (QED) is 0.717. The number of thiazole rings is 1. The van der Waals surface area contributed by atoms with Crippen LogP contribution in [-0.2, 0) is 4.74 Å². The maximum atomic E-state index is 12.2. The van der Waals surface area contributed by atoms with Crippen molar-refractivity contribution >= 4 is 28.3 Å². The van der Waals surface area contributed by atoms with Gasteiger partial charge in [0.25, 0.3) is 11.8 Å². The molecule has 0 radical (unpaired) electrons. The van der Waals surface area contributed by atoms with Crippen LogP contribution in [0, 0.1) is 6.92 Å². The third-order valence-corrected chi connectivity index (χ3v) is 4.62. The molecule has 2 aromatic rings. The van der Waals surface area contributed by atoms with E-state index in [1.807, 2.05) is 0 Å². The van der Waals surface area contributed by atoms with Crippen LogP contribution in [0.5, 0.6) is 0 Å². The lowest BCUT2D eigenvalue weighted by molar-refractivity contribution is 0.0846. The zero-order valence-corrected chi connectivity index (χ0v) is 13.4. The summed E-state index contributed by atoms with van der Waals surface area (Å²) in [5, 5.41) is 0.798. The number of hydrogen-bond donors (Lipinski definition) is 3. The zero-order chi connectivity index (χ0) is 16.2. The first kappa shape index (κ1) is 15.5. The number of hydrazine groups is 1. The van der Waals surface area contributed by atoms with Gasteiger partial charge in [-0.2, -0.15) is 0 Å². The number of amides is 2. The van der Waals surface area contributed by atoms with E-state index < -0.39 is 5.91 Å².